The van der Waals surface area contributed by atoms with Crippen molar-refractivity contribution in [3.8, 4) is 5.75 Å². The van der Waals surface area contributed by atoms with Crippen LogP contribution >= 0.6 is 0 Å². The molecule has 0 radical (unpaired) electrons. The van der Waals surface area contributed by atoms with Gasteiger partial charge in [0.15, 0.2) is 6.61 Å². The van der Waals surface area contributed by atoms with Crippen molar-refractivity contribution in [3.63, 3.8) is 0 Å². The van der Waals surface area contributed by atoms with Crippen LogP contribution in [0.5, 0.6) is 5.75 Å². The average molecular weight is 375 g/mol. The second kappa shape index (κ2) is 7.74. The summed E-state index contributed by atoms with van der Waals surface area (Å²) in [5.74, 6) is 0.389. The number of hydrogen-bond acceptors (Lipinski definition) is 5. The number of hydrogen-bond donors (Lipinski definition) is 2. The number of carbonyl (C=O) groups excluding carboxylic acids is 1. The molecule has 2 aromatic rings. The molecule has 0 bridgehead atoms. The Bertz CT molecular complexity index is 912. The Hall–Kier alpha value is -2.61. The van der Waals surface area contributed by atoms with Crippen LogP contribution in [0.4, 0.5) is 11.4 Å². The van der Waals surface area contributed by atoms with E-state index in [1.165, 1.54) is 0 Å². The topological polar surface area (TPSA) is 97.4 Å². The summed E-state index contributed by atoms with van der Waals surface area (Å²) in [6.45, 7) is -0.125. The molecule has 0 spiro atoms. The number of amides is 1. The molecular weight excluding hydrogens is 354 g/mol. The van der Waals surface area contributed by atoms with Crippen LogP contribution in [-0.4, -0.2) is 32.2 Å². The number of benzene rings is 1. The Balaban J connectivity index is 1.61. The third-order valence-corrected chi connectivity index (χ3v) is 4.61. The quantitative estimate of drug-likeness (QED) is 0.808. The molecule has 1 aromatic carbocycles. The standard InChI is InChI=1S/C18H21N3O4S/c1-26(23,24)21-14-6-4-5-13(11-14)20-18(22)12-25-17-9-10-19-16-8-3-2-7-15(16)17/h4-6,9-11,21H,2-3,7-8,12H2,1H3,(H,20,22). The molecule has 0 unspecified atom stereocenters. The smallest absolute Gasteiger partial charge is 0.262 e. The summed E-state index contributed by atoms with van der Waals surface area (Å²) in [7, 11) is -3.37. The van der Waals surface area contributed by atoms with Gasteiger partial charge in [-0.1, -0.05) is 6.07 Å². The minimum absolute atomic E-state index is 0.125. The third kappa shape index (κ3) is 4.95. The molecule has 0 saturated heterocycles. The molecular formula is C18H21N3O4S. The van der Waals surface area contributed by atoms with Gasteiger partial charge in [-0.2, -0.15) is 0 Å². The van der Waals surface area contributed by atoms with Gasteiger partial charge < -0.3 is 10.1 Å². The van der Waals surface area contributed by atoms with E-state index in [1.807, 2.05) is 0 Å². The van der Waals surface area contributed by atoms with Crippen molar-refractivity contribution >= 4 is 27.3 Å². The van der Waals surface area contributed by atoms with Crippen molar-refractivity contribution in [2.24, 2.45) is 0 Å². The van der Waals surface area contributed by atoms with Crippen LogP contribution in [0.25, 0.3) is 0 Å². The molecule has 7 nitrogen and oxygen atoms in total. The average Bonchev–Trinajstić information content (AvgIpc) is 2.59. The number of pyridine rings is 1. The van der Waals surface area contributed by atoms with E-state index >= 15 is 0 Å². The first-order valence-electron chi connectivity index (χ1n) is 8.38. The molecule has 138 valence electrons. The van der Waals surface area contributed by atoms with Crippen LogP contribution in [-0.2, 0) is 27.7 Å². The Morgan fingerprint density at radius 3 is 2.77 bits per heavy atom. The van der Waals surface area contributed by atoms with Crippen molar-refractivity contribution in [3.05, 3.63) is 47.8 Å². The van der Waals surface area contributed by atoms with Crippen LogP contribution in [0.3, 0.4) is 0 Å². The highest BCUT2D eigenvalue weighted by Crippen LogP contribution is 2.27. The summed E-state index contributed by atoms with van der Waals surface area (Å²) >= 11 is 0. The number of ether oxygens (including phenoxy) is 1. The molecule has 1 aliphatic carbocycles. The minimum Gasteiger partial charge on any atom is -0.483 e. The fourth-order valence-electron chi connectivity index (χ4n) is 2.94. The molecule has 2 N–H and O–H groups in total. The normalized spacial score (nSPS) is 13.6. The fraction of sp³-hybridized carbons (Fsp3) is 0.333. The number of carbonyl (C=O) groups is 1. The van der Waals surface area contributed by atoms with Gasteiger partial charge in [0, 0.05) is 23.1 Å². The maximum atomic E-state index is 12.2. The van der Waals surface area contributed by atoms with E-state index < -0.39 is 10.0 Å². The van der Waals surface area contributed by atoms with E-state index in [-0.39, 0.29) is 12.5 Å². The lowest BCUT2D eigenvalue weighted by molar-refractivity contribution is -0.118. The van der Waals surface area contributed by atoms with Crippen molar-refractivity contribution in [2.75, 3.05) is 22.9 Å². The van der Waals surface area contributed by atoms with Gasteiger partial charge in [0.2, 0.25) is 10.0 Å². The summed E-state index contributed by atoms with van der Waals surface area (Å²) in [5.41, 5.74) is 3.01. The largest absolute Gasteiger partial charge is 0.483 e. The first kappa shape index (κ1) is 18.2. The lowest BCUT2D eigenvalue weighted by Crippen LogP contribution is -2.21. The lowest BCUT2D eigenvalue weighted by Gasteiger charge is -2.18. The van der Waals surface area contributed by atoms with Crippen LogP contribution in [0, 0.1) is 0 Å². The molecule has 1 aliphatic rings. The summed E-state index contributed by atoms with van der Waals surface area (Å²) in [6.07, 6.45) is 6.86. The molecule has 8 heteroatoms. The van der Waals surface area contributed by atoms with E-state index in [0.29, 0.717) is 17.1 Å². The summed E-state index contributed by atoms with van der Waals surface area (Å²) in [5, 5.41) is 2.70. The number of nitrogens with one attached hydrogen (secondary N) is 2. The Kier molecular flexibility index (Phi) is 5.41. The van der Waals surface area contributed by atoms with E-state index in [2.05, 4.69) is 15.0 Å². The molecule has 1 aromatic heterocycles. The van der Waals surface area contributed by atoms with E-state index in [9.17, 15) is 13.2 Å². The van der Waals surface area contributed by atoms with Crippen LogP contribution < -0.4 is 14.8 Å². The summed E-state index contributed by atoms with van der Waals surface area (Å²) < 4.78 is 30.6. The lowest BCUT2D eigenvalue weighted by atomic mass is 9.95. The highest BCUT2D eigenvalue weighted by molar-refractivity contribution is 7.92. The number of fused-ring (bicyclic) bond motifs is 1. The maximum absolute atomic E-state index is 12.2. The van der Waals surface area contributed by atoms with Gasteiger partial charge in [0.05, 0.1) is 11.9 Å². The molecule has 0 fully saturated rings. The molecule has 26 heavy (non-hydrogen) atoms. The SMILES string of the molecule is CS(=O)(=O)Nc1cccc(NC(=O)COc2ccnc3c2CCCC3)c1. The second-order valence-electron chi connectivity index (χ2n) is 6.23. The minimum atomic E-state index is -3.37. The van der Waals surface area contributed by atoms with Crippen molar-refractivity contribution in [2.45, 2.75) is 25.7 Å². The summed E-state index contributed by atoms with van der Waals surface area (Å²) in [4.78, 5) is 16.5. The number of anilines is 2. The number of aromatic nitrogens is 1. The highest BCUT2D eigenvalue weighted by Gasteiger charge is 2.16. The Labute approximate surface area is 152 Å². The number of rotatable bonds is 6. The molecule has 0 saturated carbocycles. The van der Waals surface area contributed by atoms with Gasteiger partial charge in [-0.3, -0.25) is 14.5 Å². The van der Waals surface area contributed by atoms with Crippen molar-refractivity contribution < 1.29 is 17.9 Å². The number of aryl methyl sites for hydroxylation is 1. The number of nitrogens with zero attached hydrogens (tertiary/aromatic N) is 1. The van der Waals surface area contributed by atoms with Gasteiger partial charge in [-0.05, 0) is 49.9 Å². The van der Waals surface area contributed by atoms with Crippen LogP contribution in [0.15, 0.2) is 36.5 Å². The molecule has 1 amide bonds. The van der Waals surface area contributed by atoms with Gasteiger partial charge in [0.25, 0.3) is 5.91 Å². The Morgan fingerprint density at radius 2 is 1.96 bits per heavy atom. The zero-order valence-electron chi connectivity index (χ0n) is 14.5. The van der Waals surface area contributed by atoms with Gasteiger partial charge in [-0.25, -0.2) is 8.42 Å². The first-order valence-corrected chi connectivity index (χ1v) is 10.3. The van der Waals surface area contributed by atoms with E-state index in [4.69, 9.17) is 4.74 Å². The van der Waals surface area contributed by atoms with Crippen molar-refractivity contribution in [1.82, 2.24) is 4.98 Å². The van der Waals surface area contributed by atoms with E-state index in [1.54, 1.807) is 36.5 Å². The molecule has 0 aliphatic heterocycles. The zero-order chi connectivity index (χ0) is 18.6. The zero-order valence-corrected chi connectivity index (χ0v) is 15.3. The van der Waals surface area contributed by atoms with Gasteiger partial charge in [0.1, 0.15) is 5.75 Å². The Morgan fingerprint density at radius 1 is 1.19 bits per heavy atom. The monoisotopic (exact) mass is 375 g/mol. The predicted molar refractivity (Wildman–Crippen MR) is 99.9 cm³/mol. The van der Waals surface area contributed by atoms with Crippen LogP contribution in [0.2, 0.25) is 0 Å². The molecule has 3 rings (SSSR count). The van der Waals surface area contributed by atoms with Crippen LogP contribution in [0.1, 0.15) is 24.1 Å². The van der Waals surface area contributed by atoms with Gasteiger partial charge >= 0.3 is 0 Å². The third-order valence-electron chi connectivity index (χ3n) is 4.00. The maximum Gasteiger partial charge on any atom is 0.262 e. The van der Waals surface area contributed by atoms with E-state index in [0.717, 1.165) is 43.2 Å². The molecule has 0 atom stereocenters. The second-order valence-corrected chi connectivity index (χ2v) is 7.98. The predicted octanol–water partition coefficient (Wildman–Crippen LogP) is 2.35. The summed E-state index contributed by atoms with van der Waals surface area (Å²) in [6, 6.07) is 8.28. The number of sulfonamides is 1. The highest BCUT2D eigenvalue weighted by atomic mass is 32.2. The van der Waals surface area contributed by atoms with Crippen molar-refractivity contribution in [1.29, 1.82) is 0 Å². The fourth-order valence-corrected chi connectivity index (χ4v) is 3.50. The first-order chi connectivity index (χ1) is 12.4. The molecule has 1 heterocycles. The van der Waals surface area contributed by atoms with Gasteiger partial charge in [-0.15, -0.1) is 0 Å².